The predicted molar refractivity (Wildman–Crippen MR) is 40.8 cm³/mol. The lowest BCUT2D eigenvalue weighted by molar-refractivity contribution is -0.141. The summed E-state index contributed by atoms with van der Waals surface area (Å²) < 4.78 is 3.47. The first-order chi connectivity index (χ1) is 5.41. The minimum absolute atomic E-state index is 0.0625. The smallest absolute Gasteiger partial charge is 0.300 e. The van der Waals surface area contributed by atoms with E-state index in [0.29, 0.717) is 0 Å². The minimum atomic E-state index is 0.0625. The average molecular weight is 156 g/mol. The summed E-state index contributed by atoms with van der Waals surface area (Å²) in [4.78, 5) is 17.9. The first-order valence-corrected chi connectivity index (χ1v) is 3.59. The van der Waals surface area contributed by atoms with Crippen LogP contribution in [0.25, 0.3) is 0 Å². The fourth-order valence-electron chi connectivity index (χ4n) is 0.783. The van der Waals surface area contributed by atoms with Crippen LogP contribution in [-0.2, 0) is 14.3 Å². The van der Waals surface area contributed by atoms with Gasteiger partial charge in [0.1, 0.15) is 0 Å². The molecular weight excluding hydrogens is 144 g/mol. The Labute approximate surface area is 66.0 Å². The van der Waals surface area contributed by atoms with Crippen LogP contribution in [0.15, 0.2) is 12.2 Å². The molecule has 0 aromatic heterocycles. The van der Waals surface area contributed by atoms with Crippen LogP contribution in [0.4, 0.5) is 0 Å². The van der Waals surface area contributed by atoms with Crippen molar-refractivity contribution in [2.75, 3.05) is 0 Å². The molecule has 1 aliphatic carbocycles. The Balaban J connectivity index is 0.000000187. The van der Waals surface area contributed by atoms with Crippen LogP contribution in [0.5, 0.6) is 0 Å². The maximum Gasteiger partial charge on any atom is 0.300 e. The summed E-state index contributed by atoms with van der Waals surface area (Å²) in [5.41, 5.74) is 0. The van der Waals surface area contributed by atoms with E-state index >= 15 is 0 Å². The third-order valence-corrected chi connectivity index (χ3v) is 1.27. The normalized spacial score (nSPS) is 14.2. The molecule has 3 nitrogen and oxygen atoms in total. The number of hydrogen-bond acceptors (Lipinski definition) is 3. The number of rotatable bonds is 2. The van der Waals surface area contributed by atoms with Crippen molar-refractivity contribution in [2.45, 2.75) is 25.7 Å². The second kappa shape index (κ2) is 8.88. The minimum Gasteiger partial charge on any atom is -0.398 e. The first-order valence-electron chi connectivity index (χ1n) is 3.59. The Bertz CT molecular complexity index is 115. The van der Waals surface area contributed by atoms with Gasteiger partial charge in [-0.05, 0) is 25.7 Å². The van der Waals surface area contributed by atoms with E-state index in [9.17, 15) is 0 Å². The monoisotopic (exact) mass is 156 g/mol. The van der Waals surface area contributed by atoms with Crippen LogP contribution < -0.4 is 0 Å². The molecule has 0 saturated carbocycles. The quantitative estimate of drug-likeness (QED) is 0.345. The lowest BCUT2D eigenvalue weighted by Gasteiger charge is -1.97. The standard InChI is InChI=1S/C6H10.C2H2O3/c1-2-4-6-5-3-1;3-1-5-2-4/h1-2H,3-6H2;1-2H. The molecule has 0 heterocycles. The highest BCUT2D eigenvalue weighted by atomic mass is 16.6. The second-order valence-electron chi connectivity index (χ2n) is 2.08. The molecule has 11 heavy (non-hydrogen) atoms. The highest BCUT2D eigenvalue weighted by molar-refractivity contribution is 5.55. The molecule has 0 unspecified atom stereocenters. The van der Waals surface area contributed by atoms with Crippen LogP contribution in [0.3, 0.4) is 0 Å². The second-order valence-corrected chi connectivity index (χ2v) is 2.08. The maximum atomic E-state index is 8.95. The van der Waals surface area contributed by atoms with Gasteiger partial charge in [0.05, 0.1) is 0 Å². The molecule has 0 spiro atoms. The molecule has 1 rings (SSSR count). The van der Waals surface area contributed by atoms with E-state index in [0.717, 1.165) is 0 Å². The van der Waals surface area contributed by atoms with Gasteiger partial charge < -0.3 is 4.74 Å². The summed E-state index contributed by atoms with van der Waals surface area (Å²) in [5, 5.41) is 0. The van der Waals surface area contributed by atoms with Crippen LogP contribution in [-0.4, -0.2) is 12.9 Å². The molecule has 0 N–H and O–H groups in total. The van der Waals surface area contributed by atoms with Crippen molar-refractivity contribution in [3.05, 3.63) is 12.2 Å². The highest BCUT2D eigenvalue weighted by Crippen LogP contribution is 2.07. The van der Waals surface area contributed by atoms with Crippen molar-refractivity contribution in [3.63, 3.8) is 0 Å². The summed E-state index contributed by atoms with van der Waals surface area (Å²) in [6, 6.07) is 0. The van der Waals surface area contributed by atoms with Crippen molar-refractivity contribution in [1.29, 1.82) is 0 Å². The summed E-state index contributed by atoms with van der Waals surface area (Å²) in [6.07, 6.45) is 10.0. The fourth-order valence-corrected chi connectivity index (χ4v) is 0.783. The Morgan fingerprint density at radius 3 is 1.55 bits per heavy atom. The summed E-state index contributed by atoms with van der Waals surface area (Å²) >= 11 is 0. The zero-order valence-corrected chi connectivity index (χ0v) is 6.36. The lowest BCUT2D eigenvalue weighted by Crippen LogP contribution is -1.77. The molecule has 3 heteroatoms. The van der Waals surface area contributed by atoms with Crippen LogP contribution >= 0.6 is 0 Å². The Hall–Kier alpha value is -1.12. The van der Waals surface area contributed by atoms with Crippen LogP contribution in [0.2, 0.25) is 0 Å². The predicted octanol–water partition coefficient (Wildman–Crippen LogP) is 1.43. The topological polar surface area (TPSA) is 43.4 Å². The van der Waals surface area contributed by atoms with Crippen molar-refractivity contribution >= 4 is 12.9 Å². The van der Waals surface area contributed by atoms with E-state index < -0.39 is 0 Å². The van der Waals surface area contributed by atoms with Gasteiger partial charge >= 0.3 is 12.9 Å². The van der Waals surface area contributed by atoms with Gasteiger partial charge in [-0.1, -0.05) is 12.2 Å². The third kappa shape index (κ3) is 8.88. The molecule has 0 saturated heterocycles. The van der Waals surface area contributed by atoms with Gasteiger partial charge in [-0.2, -0.15) is 0 Å². The van der Waals surface area contributed by atoms with Gasteiger partial charge in [0.15, 0.2) is 0 Å². The van der Waals surface area contributed by atoms with Gasteiger partial charge in [-0.15, -0.1) is 0 Å². The molecule has 0 atom stereocenters. The number of allylic oxidation sites excluding steroid dienone is 2. The van der Waals surface area contributed by atoms with Crippen LogP contribution in [0.1, 0.15) is 25.7 Å². The van der Waals surface area contributed by atoms with Gasteiger partial charge in [-0.3, -0.25) is 9.59 Å². The lowest BCUT2D eigenvalue weighted by atomic mass is 10.1. The first kappa shape index (κ1) is 9.88. The summed E-state index contributed by atoms with van der Waals surface area (Å²) in [7, 11) is 0. The number of carbonyl (C=O) groups is 2. The molecule has 62 valence electrons. The maximum absolute atomic E-state index is 8.95. The fraction of sp³-hybridized carbons (Fsp3) is 0.500. The summed E-state index contributed by atoms with van der Waals surface area (Å²) in [5.74, 6) is 0. The van der Waals surface area contributed by atoms with E-state index in [1.807, 2.05) is 0 Å². The van der Waals surface area contributed by atoms with E-state index in [2.05, 4.69) is 16.9 Å². The van der Waals surface area contributed by atoms with Crippen molar-refractivity contribution in [1.82, 2.24) is 0 Å². The largest absolute Gasteiger partial charge is 0.398 e. The van der Waals surface area contributed by atoms with Gasteiger partial charge in [-0.25, -0.2) is 0 Å². The van der Waals surface area contributed by atoms with E-state index in [4.69, 9.17) is 9.59 Å². The van der Waals surface area contributed by atoms with Gasteiger partial charge in [0.25, 0.3) is 0 Å². The van der Waals surface area contributed by atoms with Crippen molar-refractivity contribution in [3.8, 4) is 0 Å². The molecule has 0 bridgehead atoms. The molecule has 0 aromatic carbocycles. The summed E-state index contributed by atoms with van der Waals surface area (Å²) in [6.45, 7) is 0.125. The SMILES string of the molecule is C1=CCCCC1.O=COC=O. The molecule has 0 amide bonds. The Morgan fingerprint density at radius 1 is 1.00 bits per heavy atom. The average Bonchev–Trinajstić information content (AvgIpc) is 2.10. The van der Waals surface area contributed by atoms with E-state index in [-0.39, 0.29) is 12.9 Å². The van der Waals surface area contributed by atoms with Crippen molar-refractivity contribution < 1.29 is 14.3 Å². The molecule has 0 aromatic rings. The molecule has 0 fully saturated rings. The van der Waals surface area contributed by atoms with Crippen LogP contribution in [0, 0.1) is 0 Å². The van der Waals surface area contributed by atoms with Crippen molar-refractivity contribution in [2.24, 2.45) is 0 Å². The van der Waals surface area contributed by atoms with Gasteiger partial charge in [0.2, 0.25) is 0 Å². The highest BCUT2D eigenvalue weighted by Gasteiger charge is 1.87. The third-order valence-electron chi connectivity index (χ3n) is 1.27. The Kier molecular flexibility index (Phi) is 7.98. The molecular formula is C8H12O3. The Morgan fingerprint density at radius 2 is 1.45 bits per heavy atom. The molecule has 0 aliphatic heterocycles. The number of hydrogen-bond donors (Lipinski definition) is 0. The van der Waals surface area contributed by atoms with Gasteiger partial charge in [0, 0.05) is 0 Å². The number of carbonyl (C=O) groups excluding carboxylic acids is 2. The zero-order valence-electron chi connectivity index (χ0n) is 6.36. The number of ether oxygens (including phenoxy) is 1. The zero-order chi connectivity index (χ0) is 8.36. The van der Waals surface area contributed by atoms with E-state index in [1.54, 1.807) is 0 Å². The molecule has 1 aliphatic rings. The van der Waals surface area contributed by atoms with E-state index in [1.165, 1.54) is 25.7 Å². The molecule has 0 radical (unpaired) electrons.